The van der Waals surface area contributed by atoms with Gasteiger partial charge in [-0.3, -0.25) is 13.7 Å². The van der Waals surface area contributed by atoms with Crippen molar-refractivity contribution in [2.75, 3.05) is 0 Å². The summed E-state index contributed by atoms with van der Waals surface area (Å²) in [5.41, 5.74) is 11.1. The van der Waals surface area contributed by atoms with Crippen LogP contribution in [-0.4, -0.2) is 26.8 Å². The summed E-state index contributed by atoms with van der Waals surface area (Å²) >= 11 is 0. The molecule has 1 aliphatic rings. The number of fused-ring (bicyclic) bond motifs is 13. The molecule has 6 nitrogen and oxygen atoms in total. The second-order valence-corrected chi connectivity index (χ2v) is 26.9. The zero-order valence-corrected chi connectivity index (χ0v) is 49.4. The van der Waals surface area contributed by atoms with Crippen LogP contribution in [0.5, 0.6) is 11.5 Å². The Bertz CT molecular complexity index is 6130. The van der Waals surface area contributed by atoms with Crippen LogP contribution in [0.15, 0.2) is 303 Å². The first kappa shape index (κ1) is 38.8. The van der Waals surface area contributed by atoms with Gasteiger partial charge in [0, 0.05) is 33.8 Å². The topological polar surface area (TPSA) is 40.8 Å². The monoisotopic (exact) mass is 1170 g/mol. The van der Waals surface area contributed by atoms with E-state index in [-0.39, 0.29) is 16.1 Å². The van der Waals surface area contributed by atoms with Gasteiger partial charge in [-0.1, -0.05) is 245 Å². The predicted molar refractivity (Wildman–Crippen MR) is 369 cm³/mol. The summed E-state index contributed by atoms with van der Waals surface area (Å²) < 4.78 is 160. The molecule has 422 valence electrons. The molecule has 0 fully saturated rings. The van der Waals surface area contributed by atoms with Crippen LogP contribution in [0.25, 0.3) is 111 Å². The lowest BCUT2D eigenvalue weighted by atomic mass is 9.88. The number of para-hydroxylation sites is 4. The highest BCUT2D eigenvalue weighted by Crippen LogP contribution is 2.46. The molecule has 7 heteroatoms. The van der Waals surface area contributed by atoms with Crippen LogP contribution < -0.4 is 30.1 Å². The second kappa shape index (κ2) is 20.5. The van der Waals surface area contributed by atoms with Crippen LogP contribution in [0.4, 0.5) is 0 Å². The minimum atomic E-state index is -5.81. The van der Waals surface area contributed by atoms with Crippen molar-refractivity contribution < 1.29 is 29.9 Å². The van der Waals surface area contributed by atoms with E-state index in [1.54, 1.807) is 16.7 Å². The molecular formula is C82H59N5OSi. The van der Waals surface area contributed by atoms with Crippen LogP contribution in [0, 0.1) is 6.33 Å². The van der Waals surface area contributed by atoms with Gasteiger partial charge in [-0.2, -0.15) is 0 Å². The molecule has 5 heterocycles. The van der Waals surface area contributed by atoms with Crippen molar-refractivity contribution in [2.45, 2.75) is 26.2 Å². The summed E-state index contributed by atoms with van der Waals surface area (Å²) in [5, 5.41) is 2.06. The predicted octanol–water partition coefficient (Wildman–Crippen LogP) is 17.1. The average molecular weight is 1170 g/mol. The van der Waals surface area contributed by atoms with E-state index >= 15 is 0 Å². The number of rotatable bonds is 9. The summed E-state index contributed by atoms with van der Waals surface area (Å²) in [7, 11) is -5.81. The minimum absolute atomic E-state index is 0.0765. The summed E-state index contributed by atoms with van der Waals surface area (Å²) in [4.78, 5) is 4.92. The van der Waals surface area contributed by atoms with E-state index in [4.69, 9.17) is 13.8 Å². The Labute approximate surface area is 538 Å². The van der Waals surface area contributed by atoms with Gasteiger partial charge >= 0.3 is 0 Å². The van der Waals surface area contributed by atoms with Gasteiger partial charge < -0.3 is 9.30 Å². The molecule has 0 aliphatic carbocycles. The highest BCUT2D eigenvalue weighted by molar-refractivity contribution is 7.20. The van der Waals surface area contributed by atoms with Gasteiger partial charge in [0.1, 0.15) is 17.3 Å². The van der Waals surface area contributed by atoms with E-state index in [9.17, 15) is 16.4 Å². The maximum Gasteiger partial charge on any atom is 0.269 e. The lowest BCUT2D eigenvalue weighted by molar-refractivity contribution is -0.571. The van der Waals surface area contributed by atoms with Gasteiger partial charge in [-0.15, -0.1) is 0 Å². The van der Waals surface area contributed by atoms with Crippen molar-refractivity contribution in [1.82, 2.24) is 18.7 Å². The first-order valence-corrected chi connectivity index (χ1v) is 31.4. The Morgan fingerprint density at radius 3 is 1.53 bits per heavy atom. The fourth-order valence-corrected chi connectivity index (χ4v) is 17.3. The van der Waals surface area contributed by atoms with Gasteiger partial charge in [0.25, 0.3) is 6.33 Å². The number of benzene rings is 12. The lowest BCUT2D eigenvalue weighted by Gasteiger charge is -2.35. The first-order chi connectivity index (χ1) is 50.0. The molecule has 0 unspecified atom stereocenters. The Kier molecular flexibility index (Phi) is 8.95. The third-order valence-electron chi connectivity index (χ3n) is 17.4. The summed E-state index contributed by atoms with van der Waals surface area (Å²) in [5.74, 6) is 1.60. The summed E-state index contributed by atoms with van der Waals surface area (Å²) in [6.07, 6.45) is 5.70. The molecule has 4 aromatic heterocycles. The normalized spacial score (nSPS) is 14.6. The molecule has 0 saturated carbocycles. The summed E-state index contributed by atoms with van der Waals surface area (Å²) in [6.45, 7) is 6.49. The minimum Gasteiger partial charge on any atom is -0.458 e. The van der Waals surface area contributed by atoms with Crippen molar-refractivity contribution in [3.8, 4) is 67.8 Å². The number of imidazole rings is 1. The third kappa shape index (κ3) is 8.23. The van der Waals surface area contributed by atoms with E-state index in [0.29, 0.717) is 45.1 Å². The van der Waals surface area contributed by atoms with Crippen LogP contribution in [-0.2, 0) is 5.41 Å². The maximum absolute atomic E-state index is 10.1. The number of aromatic nitrogens is 5. The zero-order valence-electron chi connectivity index (χ0n) is 63.4. The van der Waals surface area contributed by atoms with Crippen molar-refractivity contribution in [2.24, 2.45) is 0 Å². The summed E-state index contributed by atoms with van der Waals surface area (Å²) in [6, 6.07) is 54.1. The first-order valence-electron chi connectivity index (χ1n) is 36.9. The lowest BCUT2D eigenvalue weighted by Crippen LogP contribution is -2.74. The van der Waals surface area contributed by atoms with E-state index in [1.807, 2.05) is 144 Å². The van der Waals surface area contributed by atoms with Gasteiger partial charge in [0.2, 0.25) is 0 Å². The Balaban J connectivity index is 1.05. The molecule has 16 aromatic rings. The van der Waals surface area contributed by atoms with Crippen LogP contribution >= 0.6 is 0 Å². The highest BCUT2D eigenvalue weighted by Gasteiger charge is 2.43. The number of pyridine rings is 1. The molecule has 0 spiro atoms. The average Bonchev–Trinajstić information content (AvgIpc) is 1.29. The smallest absolute Gasteiger partial charge is 0.269 e. The fraction of sp³-hybridized carbons (Fsp3) is 0.0488. The molecule has 0 bridgehead atoms. The molecule has 0 N–H and O–H groups in total. The van der Waals surface area contributed by atoms with Crippen molar-refractivity contribution >= 4 is 83.5 Å². The van der Waals surface area contributed by atoms with Gasteiger partial charge in [0.05, 0.1) is 70.7 Å². The Morgan fingerprint density at radius 1 is 0.427 bits per heavy atom. The molecule has 0 atom stereocenters. The number of ether oxygens (including phenoxy) is 1. The van der Waals surface area contributed by atoms with Crippen molar-refractivity contribution in [3.05, 3.63) is 315 Å². The molecule has 0 amide bonds. The highest BCUT2D eigenvalue weighted by atomic mass is 28.3. The molecule has 89 heavy (non-hydrogen) atoms. The van der Waals surface area contributed by atoms with Gasteiger partial charge in [-0.25, -0.2) is 4.98 Å². The van der Waals surface area contributed by atoms with Crippen LogP contribution in [0.2, 0.25) is 0 Å². The van der Waals surface area contributed by atoms with E-state index in [1.165, 1.54) is 0 Å². The van der Waals surface area contributed by atoms with Crippen LogP contribution in [0.1, 0.15) is 46.9 Å². The van der Waals surface area contributed by atoms with Crippen molar-refractivity contribution in [3.63, 3.8) is 0 Å². The Hall–Kier alpha value is -11.1. The van der Waals surface area contributed by atoms with E-state index in [2.05, 4.69) is 96.9 Å². The quantitative estimate of drug-likeness (QED) is 0.0625. The standard InChI is InChI=1S/C82H59N5OSi/c1-82(2,3)55-47-48-83-79(49-55)87-75-43-22-19-39-69(75)70-46-45-58(51-77(70)87)88-57-26-23-25-56(50-57)84-54-85-80-71(40-24-44-76(80)86-73-41-20-17-37-67(73)68-38-18-21-42-74(68)86)65-35-15-13-33-63(65)64-34-14-16-36-66(64)72-52-62(53-78(84)81(72)85)89(59-27-7-4-8-28-59,60-29-9-5-10-30-60)61-31-11-6-12-32-61/h4-53H,1-3H3/i4D,5D,6D,7D,8D,9D,10D,11D,12D,27D,28D,29D,30D,31D,32D. The largest absolute Gasteiger partial charge is 0.458 e. The van der Waals surface area contributed by atoms with Crippen molar-refractivity contribution in [1.29, 1.82) is 0 Å². The fourth-order valence-electron chi connectivity index (χ4n) is 13.5. The Morgan fingerprint density at radius 2 is 0.933 bits per heavy atom. The van der Waals surface area contributed by atoms with E-state index < -0.39 is 114 Å². The van der Waals surface area contributed by atoms with Gasteiger partial charge in [-0.05, 0) is 132 Å². The van der Waals surface area contributed by atoms with Crippen LogP contribution in [0.3, 0.4) is 0 Å². The molecule has 17 rings (SSSR count). The molecular weight excluding hydrogens is 1100 g/mol. The zero-order chi connectivity index (χ0) is 72.4. The second-order valence-electron chi connectivity index (χ2n) is 23.3. The SMILES string of the molecule is [2H]c1c([2H])c([2H])c([Si](c2cc3c4c(c2)n(-c2cccc(Oc5ccc6c7ccccc7n(-c7cc(C(C)(C)C)ccn7)c6c5)c2)[c-][n+]4-c2c(cccc2-n2c4ccccc4c4ccccc42)-c2ccccc2-c2ccccc2-3)(c2c([2H])c([2H])c([2H])c([2H])c2[2H])c2c([2H])c([2H])c([2H])c([2H])c2[2H])c([2H])c1[2H]. The number of hydrogen-bond acceptors (Lipinski definition) is 2. The maximum atomic E-state index is 10.1. The molecule has 0 saturated heterocycles. The number of nitrogens with zero attached hydrogens (tertiary/aromatic N) is 5. The molecule has 12 aromatic carbocycles. The molecule has 0 radical (unpaired) electrons. The molecule has 1 aliphatic heterocycles. The third-order valence-corrected chi connectivity index (χ3v) is 21.5. The van der Waals surface area contributed by atoms with E-state index in [0.717, 1.165) is 77.4 Å². The number of hydrogen-bond donors (Lipinski definition) is 0. The van der Waals surface area contributed by atoms with Gasteiger partial charge in [0.15, 0.2) is 8.07 Å².